The number of nitrogens with zero attached hydrogens (tertiary/aromatic N) is 1. The number of amides is 1. The minimum atomic E-state index is 0.920. The number of likely N-dealkylation sites (tertiary alicyclic amines) is 1. The zero-order valence-corrected chi connectivity index (χ0v) is 4.89. The van der Waals surface area contributed by atoms with Crippen LogP contribution in [-0.4, -0.2) is 24.4 Å². The minimum absolute atomic E-state index is 0.920. The van der Waals surface area contributed by atoms with Gasteiger partial charge in [-0.1, -0.05) is 0 Å². The van der Waals surface area contributed by atoms with Gasteiger partial charge in [0.05, 0.1) is 0 Å². The van der Waals surface area contributed by atoms with Crippen LogP contribution in [0.5, 0.6) is 0 Å². The van der Waals surface area contributed by atoms with E-state index in [1.54, 1.807) is 4.90 Å². The fourth-order valence-corrected chi connectivity index (χ4v) is 0.985. The normalized spacial score (nSPS) is 20.8. The first-order chi connectivity index (χ1) is 3.93. The SMILES string of the molecule is O=[C]N1CCCCC1. The Balaban J connectivity index is 2.22. The molecule has 1 aliphatic heterocycles. The van der Waals surface area contributed by atoms with Crippen LogP contribution in [0.15, 0.2) is 0 Å². The van der Waals surface area contributed by atoms with Gasteiger partial charge in [0.2, 0.25) is 0 Å². The lowest BCUT2D eigenvalue weighted by Gasteiger charge is -2.20. The van der Waals surface area contributed by atoms with Crippen molar-refractivity contribution < 1.29 is 4.79 Å². The molecule has 1 rings (SSSR count). The van der Waals surface area contributed by atoms with Gasteiger partial charge in [-0.3, -0.25) is 4.79 Å². The first-order valence-electron chi connectivity index (χ1n) is 3.06. The lowest BCUT2D eigenvalue weighted by molar-refractivity contribution is 0.321. The molecule has 1 saturated heterocycles. The Labute approximate surface area is 49.5 Å². The first-order valence-corrected chi connectivity index (χ1v) is 3.06. The van der Waals surface area contributed by atoms with Crippen molar-refractivity contribution in [3.8, 4) is 0 Å². The summed E-state index contributed by atoms with van der Waals surface area (Å²) >= 11 is 0. The molecule has 0 aromatic heterocycles. The van der Waals surface area contributed by atoms with E-state index < -0.39 is 0 Å². The molecular formula is C6H10NO. The maximum atomic E-state index is 9.96. The van der Waals surface area contributed by atoms with Gasteiger partial charge in [-0.05, 0) is 19.3 Å². The zero-order chi connectivity index (χ0) is 5.82. The highest BCUT2D eigenvalue weighted by Crippen LogP contribution is 2.05. The summed E-state index contributed by atoms with van der Waals surface area (Å²) in [5.74, 6) is 0. The van der Waals surface area contributed by atoms with E-state index in [1.165, 1.54) is 6.42 Å². The number of hydrogen-bond acceptors (Lipinski definition) is 1. The fraction of sp³-hybridized carbons (Fsp3) is 0.833. The highest BCUT2D eigenvalue weighted by Gasteiger charge is 2.06. The second-order valence-electron chi connectivity index (χ2n) is 2.14. The summed E-state index contributed by atoms with van der Waals surface area (Å²) in [6.07, 6.45) is 5.49. The van der Waals surface area contributed by atoms with Crippen LogP contribution in [0.3, 0.4) is 0 Å². The Morgan fingerprint density at radius 1 is 1.12 bits per heavy atom. The van der Waals surface area contributed by atoms with Gasteiger partial charge in [0, 0.05) is 13.1 Å². The van der Waals surface area contributed by atoms with E-state index in [0.717, 1.165) is 25.9 Å². The van der Waals surface area contributed by atoms with Crippen molar-refractivity contribution in [3.05, 3.63) is 0 Å². The molecule has 1 amide bonds. The first kappa shape index (κ1) is 5.60. The molecule has 0 aliphatic carbocycles. The van der Waals surface area contributed by atoms with Gasteiger partial charge in [0.15, 0.2) is 0 Å². The van der Waals surface area contributed by atoms with E-state index in [1.807, 2.05) is 6.41 Å². The third-order valence-electron chi connectivity index (χ3n) is 1.49. The summed E-state index contributed by atoms with van der Waals surface area (Å²) in [5, 5.41) is 0. The monoisotopic (exact) mass is 112 g/mol. The summed E-state index contributed by atoms with van der Waals surface area (Å²) in [6, 6.07) is 0. The zero-order valence-electron chi connectivity index (χ0n) is 4.89. The molecule has 2 heteroatoms. The summed E-state index contributed by atoms with van der Waals surface area (Å²) < 4.78 is 0. The highest BCUT2D eigenvalue weighted by atomic mass is 16.1. The van der Waals surface area contributed by atoms with E-state index >= 15 is 0 Å². The van der Waals surface area contributed by atoms with Gasteiger partial charge < -0.3 is 4.90 Å². The Morgan fingerprint density at radius 3 is 2.12 bits per heavy atom. The van der Waals surface area contributed by atoms with Crippen LogP contribution >= 0.6 is 0 Å². The molecule has 0 aromatic carbocycles. The molecule has 1 radical (unpaired) electrons. The van der Waals surface area contributed by atoms with Crippen LogP contribution in [0.25, 0.3) is 0 Å². The topological polar surface area (TPSA) is 20.3 Å². The maximum Gasteiger partial charge on any atom is 0.312 e. The summed E-state index contributed by atoms with van der Waals surface area (Å²) in [6.45, 7) is 1.84. The molecule has 0 N–H and O–H groups in total. The van der Waals surface area contributed by atoms with Gasteiger partial charge in [-0.2, -0.15) is 0 Å². The Hall–Kier alpha value is -0.530. The molecule has 0 atom stereocenters. The van der Waals surface area contributed by atoms with Crippen LogP contribution in [0.4, 0.5) is 0 Å². The van der Waals surface area contributed by atoms with Gasteiger partial charge >= 0.3 is 6.41 Å². The Kier molecular flexibility index (Phi) is 1.89. The number of carbonyl (C=O) groups excluding carboxylic acids is 1. The maximum absolute atomic E-state index is 9.96. The van der Waals surface area contributed by atoms with Crippen molar-refractivity contribution in [1.29, 1.82) is 0 Å². The lowest BCUT2D eigenvalue weighted by Crippen LogP contribution is -2.27. The summed E-state index contributed by atoms with van der Waals surface area (Å²) in [4.78, 5) is 11.7. The molecule has 8 heavy (non-hydrogen) atoms. The highest BCUT2D eigenvalue weighted by molar-refractivity contribution is 5.48. The summed E-state index contributed by atoms with van der Waals surface area (Å²) in [5.41, 5.74) is 0. The van der Waals surface area contributed by atoms with Crippen molar-refractivity contribution >= 4 is 6.41 Å². The smallest absolute Gasteiger partial charge is 0.312 e. The summed E-state index contributed by atoms with van der Waals surface area (Å²) in [7, 11) is 0. The molecule has 0 aromatic rings. The third kappa shape index (κ3) is 1.22. The van der Waals surface area contributed by atoms with Crippen molar-refractivity contribution in [3.63, 3.8) is 0 Å². The van der Waals surface area contributed by atoms with Crippen LogP contribution in [-0.2, 0) is 4.79 Å². The molecule has 1 heterocycles. The quantitative estimate of drug-likeness (QED) is 0.484. The van der Waals surface area contributed by atoms with Crippen LogP contribution in [0.2, 0.25) is 0 Å². The molecule has 45 valence electrons. The number of rotatable bonds is 1. The molecule has 0 saturated carbocycles. The molecule has 1 fully saturated rings. The second kappa shape index (κ2) is 2.70. The van der Waals surface area contributed by atoms with Crippen molar-refractivity contribution in [2.24, 2.45) is 0 Å². The largest absolute Gasteiger partial charge is 0.334 e. The van der Waals surface area contributed by atoms with Gasteiger partial charge in [-0.25, -0.2) is 0 Å². The molecule has 2 nitrogen and oxygen atoms in total. The van der Waals surface area contributed by atoms with Crippen molar-refractivity contribution in [2.45, 2.75) is 19.3 Å². The molecule has 0 bridgehead atoms. The predicted octanol–water partition coefficient (Wildman–Crippen LogP) is 0.539. The molecular weight excluding hydrogens is 102 g/mol. The van der Waals surface area contributed by atoms with E-state index in [-0.39, 0.29) is 0 Å². The van der Waals surface area contributed by atoms with Gasteiger partial charge in [0.25, 0.3) is 0 Å². The predicted molar refractivity (Wildman–Crippen MR) is 31.1 cm³/mol. The average molecular weight is 112 g/mol. The fourth-order valence-electron chi connectivity index (χ4n) is 0.985. The van der Waals surface area contributed by atoms with Gasteiger partial charge in [0.1, 0.15) is 0 Å². The van der Waals surface area contributed by atoms with E-state index in [2.05, 4.69) is 0 Å². The number of hydrogen-bond donors (Lipinski definition) is 0. The molecule has 0 unspecified atom stereocenters. The van der Waals surface area contributed by atoms with Crippen LogP contribution in [0.1, 0.15) is 19.3 Å². The average Bonchev–Trinajstić information content (AvgIpc) is 1.90. The third-order valence-corrected chi connectivity index (χ3v) is 1.49. The molecule has 1 aliphatic rings. The standard InChI is InChI=1S/C6H10NO/c8-6-7-4-2-1-3-5-7/h1-5H2. The Bertz CT molecular complexity index is 76.6. The van der Waals surface area contributed by atoms with Gasteiger partial charge in [-0.15, -0.1) is 0 Å². The minimum Gasteiger partial charge on any atom is -0.334 e. The molecule has 0 spiro atoms. The van der Waals surface area contributed by atoms with Crippen LogP contribution < -0.4 is 0 Å². The van der Waals surface area contributed by atoms with E-state index in [4.69, 9.17) is 0 Å². The van der Waals surface area contributed by atoms with Crippen molar-refractivity contribution in [1.82, 2.24) is 4.90 Å². The number of piperidine rings is 1. The second-order valence-corrected chi connectivity index (χ2v) is 2.14. The van der Waals surface area contributed by atoms with Crippen LogP contribution in [0, 0.1) is 0 Å². The lowest BCUT2D eigenvalue weighted by atomic mass is 10.1. The Morgan fingerprint density at radius 2 is 1.75 bits per heavy atom. The van der Waals surface area contributed by atoms with E-state index in [9.17, 15) is 4.79 Å². The van der Waals surface area contributed by atoms with E-state index in [0.29, 0.717) is 0 Å². The van der Waals surface area contributed by atoms with Crippen molar-refractivity contribution in [2.75, 3.05) is 13.1 Å².